The molecule has 1 aliphatic heterocycles. The number of fused-ring (bicyclic) bond motifs is 1. The number of hydrogen-bond donors (Lipinski definition) is 2. The van der Waals surface area contributed by atoms with Gasteiger partial charge in [-0.1, -0.05) is 6.07 Å². The lowest BCUT2D eigenvalue weighted by Gasteiger charge is -2.21. The summed E-state index contributed by atoms with van der Waals surface area (Å²) in [4.78, 5) is 32.6. The van der Waals surface area contributed by atoms with E-state index in [-0.39, 0.29) is 29.4 Å². The molecule has 1 unspecified atom stereocenters. The zero-order valence-corrected chi connectivity index (χ0v) is 12.7. The van der Waals surface area contributed by atoms with Gasteiger partial charge in [0.1, 0.15) is 0 Å². The van der Waals surface area contributed by atoms with Crippen molar-refractivity contribution < 1.29 is 9.59 Å². The van der Waals surface area contributed by atoms with E-state index in [2.05, 4.69) is 20.6 Å². The van der Waals surface area contributed by atoms with Gasteiger partial charge in [0.2, 0.25) is 17.8 Å². The SMILES string of the molecule is CC1Sc2ccc(CC(=O)Nc3ncccn3)cc2NC1=O. The van der Waals surface area contributed by atoms with Gasteiger partial charge in [0.05, 0.1) is 17.4 Å². The van der Waals surface area contributed by atoms with Crippen LogP contribution in [0.3, 0.4) is 0 Å². The number of thioether (sulfide) groups is 1. The van der Waals surface area contributed by atoms with E-state index < -0.39 is 0 Å². The lowest BCUT2D eigenvalue weighted by atomic mass is 10.1. The van der Waals surface area contributed by atoms with Crippen LogP contribution in [0.5, 0.6) is 0 Å². The first-order valence-corrected chi connectivity index (χ1v) is 7.67. The first-order chi connectivity index (χ1) is 10.6. The molecule has 1 aromatic heterocycles. The molecule has 1 aromatic carbocycles. The van der Waals surface area contributed by atoms with E-state index >= 15 is 0 Å². The molecule has 0 bridgehead atoms. The Bertz CT molecular complexity index is 721. The molecule has 0 saturated carbocycles. The molecule has 0 radical (unpaired) electrons. The maximum absolute atomic E-state index is 12.0. The molecule has 2 heterocycles. The van der Waals surface area contributed by atoms with Crippen molar-refractivity contribution in [3.8, 4) is 0 Å². The summed E-state index contributed by atoms with van der Waals surface area (Å²) in [5.41, 5.74) is 1.58. The van der Waals surface area contributed by atoms with E-state index in [9.17, 15) is 9.59 Å². The highest BCUT2D eigenvalue weighted by atomic mass is 32.2. The van der Waals surface area contributed by atoms with Gasteiger partial charge in [-0.25, -0.2) is 9.97 Å². The molecule has 22 heavy (non-hydrogen) atoms. The fourth-order valence-electron chi connectivity index (χ4n) is 2.08. The van der Waals surface area contributed by atoms with E-state index in [1.807, 2.05) is 25.1 Å². The standard InChI is InChI=1S/C15H14N4O2S/c1-9-14(21)18-11-7-10(3-4-12(11)22-9)8-13(20)19-15-16-5-2-6-17-15/h2-7,9H,8H2,1H3,(H,18,21)(H,16,17,19,20). The molecular weight excluding hydrogens is 300 g/mol. The molecular formula is C15H14N4O2S. The molecule has 0 aliphatic carbocycles. The van der Waals surface area contributed by atoms with Crippen LogP contribution in [-0.4, -0.2) is 27.0 Å². The van der Waals surface area contributed by atoms with Crippen LogP contribution >= 0.6 is 11.8 Å². The summed E-state index contributed by atoms with van der Waals surface area (Å²) in [7, 11) is 0. The smallest absolute Gasteiger partial charge is 0.237 e. The molecule has 7 heteroatoms. The molecule has 0 spiro atoms. The predicted octanol–water partition coefficient (Wildman–Crippen LogP) is 2.09. The number of amides is 2. The summed E-state index contributed by atoms with van der Waals surface area (Å²) in [6, 6.07) is 7.33. The molecule has 0 saturated heterocycles. The number of hydrogen-bond acceptors (Lipinski definition) is 5. The molecule has 0 fully saturated rings. The Morgan fingerprint density at radius 3 is 2.91 bits per heavy atom. The van der Waals surface area contributed by atoms with E-state index in [1.165, 1.54) is 11.8 Å². The topological polar surface area (TPSA) is 84.0 Å². The summed E-state index contributed by atoms with van der Waals surface area (Å²) in [5.74, 6) is 0.0641. The van der Waals surface area contributed by atoms with Gasteiger partial charge >= 0.3 is 0 Å². The highest BCUT2D eigenvalue weighted by Gasteiger charge is 2.23. The van der Waals surface area contributed by atoms with E-state index in [4.69, 9.17) is 0 Å². The van der Waals surface area contributed by atoms with Crippen LogP contribution in [0, 0.1) is 0 Å². The predicted molar refractivity (Wildman–Crippen MR) is 84.8 cm³/mol. The first-order valence-electron chi connectivity index (χ1n) is 6.79. The average molecular weight is 314 g/mol. The van der Waals surface area contributed by atoms with Gasteiger partial charge in [-0.3, -0.25) is 14.9 Å². The third-order valence-corrected chi connectivity index (χ3v) is 4.33. The third kappa shape index (κ3) is 3.25. The Hall–Kier alpha value is -2.41. The Labute approximate surface area is 131 Å². The average Bonchev–Trinajstić information content (AvgIpc) is 2.49. The van der Waals surface area contributed by atoms with Gasteiger partial charge < -0.3 is 5.32 Å². The number of benzene rings is 1. The normalized spacial score (nSPS) is 16.6. The fourth-order valence-corrected chi connectivity index (χ4v) is 3.01. The Kier molecular flexibility index (Phi) is 4.06. The fraction of sp³-hybridized carbons (Fsp3) is 0.200. The Morgan fingerprint density at radius 1 is 1.36 bits per heavy atom. The molecule has 6 nitrogen and oxygen atoms in total. The van der Waals surface area contributed by atoms with Gasteiger partial charge in [0, 0.05) is 17.3 Å². The van der Waals surface area contributed by atoms with Crippen molar-refractivity contribution in [3.05, 3.63) is 42.2 Å². The summed E-state index contributed by atoms with van der Waals surface area (Å²) >= 11 is 1.52. The molecule has 112 valence electrons. The van der Waals surface area contributed by atoms with Crippen molar-refractivity contribution in [1.29, 1.82) is 0 Å². The van der Waals surface area contributed by atoms with Gasteiger partial charge in [0.15, 0.2) is 0 Å². The highest BCUT2D eigenvalue weighted by Crippen LogP contribution is 2.35. The van der Waals surface area contributed by atoms with Crippen molar-refractivity contribution in [2.24, 2.45) is 0 Å². The largest absolute Gasteiger partial charge is 0.324 e. The molecule has 2 N–H and O–H groups in total. The number of aromatic nitrogens is 2. The third-order valence-electron chi connectivity index (χ3n) is 3.16. The van der Waals surface area contributed by atoms with Gasteiger partial charge in [-0.15, -0.1) is 11.8 Å². The molecule has 2 amide bonds. The summed E-state index contributed by atoms with van der Waals surface area (Å²) in [5, 5.41) is 5.39. The number of nitrogens with zero attached hydrogens (tertiary/aromatic N) is 2. The summed E-state index contributed by atoms with van der Waals surface area (Å²) in [6.45, 7) is 1.87. The van der Waals surface area contributed by atoms with Crippen LogP contribution in [0.1, 0.15) is 12.5 Å². The number of carbonyl (C=O) groups is 2. The van der Waals surface area contributed by atoms with Gasteiger partial charge in [0.25, 0.3) is 0 Å². The summed E-state index contributed by atoms with van der Waals surface area (Å²) in [6.07, 6.45) is 3.33. The van der Waals surface area contributed by atoms with Crippen LogP contribution in [0.15, 0.2) is 41.6 Å². The van der Waals surface area contributed by atoms with Crippen LogP contribution in [0.4, 0.5) is 11.6 Å². The molecule has 1 aliphatic rings. The van der Waals surface area contributed by atoms with Crippen LogP contribution in [-0.2, 0) is 16.0 Å². The maximum Gasteiger partial charge on any atom is 0.237 e. The second-order valence-corrected chi connectivity index (χ2v) is 6.26. The number of nitrogens with one attached hydrogen (secondary N) is 2. The number of rotatable bonds is 3. The van der Waals surface area contributed by atoms with E-state index in [0.717, 1.165) is 16.1 Å². The Morgan fingerprint density at radius 2 is 2.14 bits per heavy atom. The minimum atomic E-state index is -0.200. The van der Waals surface area contributed by atoms with Crippen LogP contribution < -0.4 is 10.6 Å². The number of anilines is 2. The van der Waals surface area contributed by atoms with Gasteiger partial charge in [-0.2, -0.15) is 0 Å². The Balaban J connectivity index is 1.70. The monoisotopic (exact) mass is 314 g/mol. The minimum Gasteiger partial charge on any atom is -0.324 e. The van der Waals surface area contributed by atoms with Crippen molar-refractivity contribution >= 4 is 35.2 Å². The lowest BCUT2D eigenvalue weighted by molar-refractivity contribution is -0.116. The van der Waals surface area contributed by atoms with Crippen LogP contribution in [0.2, 0.25) is 0 Å². The zero-order valence-electron chi connectivity index (χ0n) is 11.9. The van der Waals surface area contributed by atoms with Crippen molar-refractivity contribution in [2.75, 3.05) is 10.6 Å². The molecule has 3 rings (SSSR count). The maximum atomic E-state index is 12.0. The van der Waals surface area contributed by atoms with Crippen LogP contribution in [0.25, 0.3) is 0 Å². The molecule has 1 atom stereocenters. The van der Waals surface area contributed by atoms with Crippen molar-refractivity contribution in [1.82, 2.24) is 9.97 Å². The second-order valence-electron chi connectivity index (χ2n) is 4.88. The molecule has 2 aromatic rings. The number of carbonyl (C=O) groups excluding carboxylic acids is 2. The van der Waals surface area contributed by atoms with E-state index in [0.29, 0.717) is 0 Å². The van der Waals surface area contributed by atoms with Crippen molar-refractivity contribution in [2.45, 2.75) is 23.5 Å². The first kappa shape index (κ1) is 14.5. The van der Waals surface area contributed by atoms with E-state index in [1.54, 1.807) is 18.5 Å². The zero-order chi connectivity index (χ0) is 15.5. The van der Waals surface area contributed by atoms with Crippen molar-refractivity contribution in [3.63, 3.8) is 0 Å². The quantitative estimate of drug-likeness (QED) is 0.906. The lowest BCUT2D eigenvalue weighted by Crippen LogP contribution is -2.26. The van der Waals surface area contributed by atoms with Gasteiger partial charge in [-0.05, 0) is 30.7 Å². The highest BCUT2D eigenvalue weighted by molar-refractivity contribution is 8.00. The second kappa shape index (κ2) is 6.15. The summed E-state index contributed by atoms with van der Waals surface area (Å²) < 4.78 is 0. The minimum absolute atomic E-state index is 0.0169.